The Morgan fingerprint density at radius 2 is 1.17 bits per heavy atom. The minimum absolute atomic E-state index is 0.141. The van der Waals surface area contributed by atoms with Gasteiger partial charge in [-0.25, -0.2) is 15.0 Å². The van der Waals surface area contributed by atoms with E-state index in [1.165, 1.54) is 32.4 Å². The van der Waals surface area contributed by atoms with Crippen molar-refractivity contribution in [2.24, 2.45) is 0 Å². The zero-order chi connectivity index (χ0) is 29.5. The molecule has 1 N–H and O–H groups in total. The Labute approximate surface area is 236 Å². The summed E-state index contributed by atoms with van der Waals surface area (Å²) >= 11 is 0. The number of ketones is 2. The fourth-order valence-corrected chi connectivity index (χ4v) is 3.83. The van der Waals surface area contributed by atoms with Gasteiger partial charge in [0.25, 0.3) is 0 Å². The lowest BCUT2D eigenvalue weighted by atomic mass is 10.1. The molecule has 0 unspecified atom stereocenters. The molecule has 1 heterocycles. The monoisotopic (exact) mass is 557 g/mol. The Balaban J connectivity index is 1.84. The Morgan fingerprint density at radius 1 is 0.707 bits per heavy atom. The van der Waals surface area contributed by atoms with Crippen molar-refractivity contribution >= 4 is 11.6 Å². The van der Waals surface area contributed by atoms with Crippen LogP contribution < -0.4 is 23.7 Å². The number of carbonyl (C=O) groups is 2. The Kier molecular flexibility index (Phi) is 8.78. The number of nitrogens with zero attached hydrogens (tertiary/aromatic N) is 3. The first kappa shape index (κ1) is 28.6. The summed E-state index contributed by atoms with van der Waals surface area (Å²) in [6.45, 7) is 2.78. The van der Waals surface area contributed by atoms with Crippen LogP contribution in [-0.4, -0.2) is 66.7 Å². The molecule has 0 spiro atoms. The van der Waals surface area contributed by atoms with Gasteiger partial charge in [-0.2, -0.15) is 0 Å². The molecule has 0 saturated heterocycles. The molecule has 0 radical (unpaired) electrons. The molecular formula is C30H27N3O8. The maximum atomic E-state index is 11.8. The molecule has 0 amide bonds. The van der Waals surface area contributed by atoms with Crippen molar-refractivity contribution in [1.82, 2.24) is 15.0 Å². The number of hydrogen-bond acceptors (Lipinski definition) is 11. The first-order valence-corrected chi connectivity index (χ1v) is 12.2. The molecule has 0 aliphatic carbocycles. The molecular weight excluding hydrogens is 530 g/mol. The summed E-state index contributed by atoms with van der Waals surface area (Å²) in [6, 6.07) is 14.8. The van der Waals surface area contributed by atoms with Gasteiger partial charge < -0.3 is 28.8 Å². The number of allylic oxidation sites excluding steroid dienone is 1. The summed E-state index contributed by atoms with van der Waals surface area (Å²) in [5.74, 6) is 1.15. The summed E-state index contributed by atoms with van der Waals surface area (Å²) in [5.41, 5.74) is 1.36. The predicted octanol–water partition coefficient (Wildman–Crippen LogP) is 4.32. The highest BCUT2D eigenvalue weighted by molar-refractivity contribution is 6.42. The summed E-state index contributed by atoms with van der Waals surface area (Å²) in [7, 11) is 6.14. The molecule has 3 aromatic carbocycles. The zero-order valence-corrected chi connectivity index (χ0v) is 22.8. The van der Waals surface area contributed by atoms with E-state index >= 15 is 0 Å². The van der Waals surface area contributed by atoms with Gasteiger partial charge in [-0.05, 0) is 42.5 Å². The van der Waals surface area contributed by atoms with Gasteiger partial charge >= 0.3 is 0 Å². The topological polar surface area (TPSA) is 139 Å². The van der Waals surface area contributed by atoms with Gasteiger partial charge in [0.1, 0.15) is 34.5 Å². The largest absolute Gasteiger partial charge is 0.507 e. The molecule has 0 atom stereocenters. The van der Waals surface area contributed by atoms with E-state index in [1.54, 1.807) is 50.6 Å². The number of phenolic OH excluding ortho intramolecular Hbond substituents is 1. The van der Waals surface area contributed by atoms with Gasteiger partial charge in [-0.3, -0.25) is 9.59 Å². The number of phenols is 1. The second kappa shape index (κ2) is 12.6. The maximum absolute atomic E-state index is 11.8. The van der Waals surface area contributed by atoms with Gasteiger partial charge in [-0.15, -0.1) is 0 Å². The number of carbonyl (C=O) groups excluding carboxylic acids is 2. The fraction of sp³-hybridized carbons (Fsp3) is 0.167. The van der Waals surface area contributed by atoms with Gasteiger partial charge in [0.2, 0.25) is 11.6 Å². The number of hydrogen-bond donors (Lipinski definition) is 1. The van der Waals surface area contributed by atoms with E-state index < -0.39 is 18.2 Å². The third-order valence-corrected chi connectivity index (χ3v) is 5.97. The number of rotatable bonds is 12. The van der Waals surface area contributed by atoms with Crippen LogP contribution in [0.15, 0.2) is 67.3 Å². The first-order chi connectivity index (χ1) is 19.8. The third kappa shape index (κ3) is 6.25. The van der Waals surface area contributed by atoms with Crippen molar-refractivity contribution in [3.05, 3.63) is 67.3 Å². The molecule has 4 rings (SSSR count). The lowest BCUT2D eigenvalue weighted by Crippen LogP contribution is -2.19. The van der Waals surface area contributed by atoms with Crippen molar-refractivity contribution in [2.45, 2.75) is 0 Å². The number of benzene rings is 3. The van der Waals surface area contributed by atoms with E-state index in [4.69, 9.17) is 28.7 Å². The lowest BCUT2D eigenvalue weighted by molar-refractivity contribution is -0.135. The highest BCUT2D eigenvalue weighted by Gasteiger charge is 2.20. The minimum atomic E-state index is -0.766. The van der Waals surface area contributed by atoms with E-state index in [0.717, 1.165) is 6.08 Å². The average Bonchev–Trinajstić information content (AvgIpc) is 3.02. The zero-order valence-electron chi connectivity index (χ0n) is 22.8. The van der Waals surface area contributed by atoms with Crippen LogP contribution in [0.3, 0.4) is 0 Å². The van der Waals surface area contributed by atoms with Gasteiger partial charge in [0, 0.05) is 18.2 Å². The molecule has 0 aliphatic heterocycles. The maximum Gasteiger partial charge on any atom is 0.239 e. The molecule has 0 bridgehead atoms. The van der Waals surface area contributed by atoms with E-state index in [9.17, 15) is 14.7 Å². The summed E-state index contributed by atoms with van der Waals surface area (Å²) in [4.78, 5) is 37.2. The minimum Gasteiger partial charge on any atom is -0.507 e. The van der Waals surface area contributed by atoms with Crippen molar-refractivity contribution in [3.8, 4) is 68.7 Å². The van der Waals surface area contributed by atoms with Gasteiger partial charge in [-0.1, -0.05) is 6.58 Å². The van der Waals surface area contributed by atoms with Crippen LogP contribution in [0.25, 0.3) is 34.2 Å². The average molecular weight is 558 g/mol. The number of aromatic nitrogens is 3. The van der Waals surface area contributed by atoms with Crippen molar-refractivity contribution in [3.63, 3.8) is 0 Å². The number of ether oxygens (including phenoxy) is 5. The molecule has 41 heavy (non-hydrogen) atoms. The van der Waals surface area contributed by atoms with E-state index in [1.807, 2.05) is 0 Å². The molecule has 1 aromatic heterocycles. The molecule has 11 nitrogen and oxygen atoms in total. The van der Waals surface area contributed by atoms with E-state index in [0.29, 0.717) is 34.1 Å². The van der Waals surface area contributed by atoms with Crippen molar-refractivity contribution in [2.75, 3.05) is 35.0 Å². The van der Waals surface area contributed by atoms with Gasteiger partial charge in [0.05, 0.1) is 45.1 Å². The SMILES string of the molecule is C=CC(=O)C(=O)COc1ccc(-c2nc(-c3ccc(OC)cc3OC)nc(-c3ccc(OC)cc3OC)n2)c(O)c1. The van der Waals surface area contributed by atoms with Crippen molar-refractivity contribution in [1.29, 1.82) is 0 Å². The molecule has 0 saturated carbocycles. The van der Waals surface area contributed by atoms with Crippen LogP contribution in [0.4, 0.5) is 0 Å². The first-order valence-electron chi connectivity index (χ1n) is 12.2. The quantitative estimate of drug-likeness (QED) is 0.197. The van der Waals surface area contributed by atoms with E-state index in [2.05, 4.69) is 16.5 Å². The Morgan fingerprint density at radius 3 is 1.61 bits per heavy atom. The smallest absolute Gasteiger partial charge is 0.239 e. The number of methoxy groups -OCH3 is 4. The fourth-order valence-electron chi connectivity index (χ4n) is 3.83. The molecule has 11 heteroatoms. The third-order valence-electron chi connectivity index (χ3n) is 5.97. The van der Waals surface area contributed by atoms with Crippen LogP contribution in [0.1, 0.15) is 0 Å². The molecule has 210 valence electrons. The van der Waals surface area contributed by atoms with Crippen LogP contribution in [-0.2, 0) is 9.59 Å². The highest BCUT2D eigenvalue weighted by atomic mass is 16.5. The van der Waals surface area contributed by atoms with Gasteiger partial charge in [0.15, 0.2) is 24.1 Å². The molecule has 0 fully saturated rings. The van der Waals surface area contributed by atoms with Crippen LogP contribution in [0.5, 0.6) is 34.5 Å². The van der Waals surface area contributed by atoms with E-state index in [-0.39, 0.29) is 34.5 Å². The second-order valence-electron chi connectivity index (χ2n) is 8.40. The summed E-state index contributed by atoms with van der Waals surface area (Å²) in [6.07, 6.45) is 0.915. The van der Waals surface area contributed by atoms with Crippen LogP contribution >= 0.6 is 0 Å². The normalized spacial score (nSPS) is 10.4. The van der Waals surface area contributed by atoms with Crippen LogP contribution in [0, 0.1) is 0 Å². The Hall–Kier alpha value is -5.45. The van der Waals surface area contributed by atoms with Crippen LogP contribution in [0.2, 0.25) is 0 Å². The molecule has 4 aromatic rings. The summed E-state index contributed by atoms with van der Waals surface area (Å²) in [5, 5.41) is 10.9. The number of Topliss-reactive ketones (excluding diaryl/α,β-unsaturated/α-hetero) is 1. The molecule has 0 aliphatic rings. The summed E-state index contributed by atoms with van der Waals surface area (Å²) < 4.78 is 27.1. The predicted molar refractivity (Wildman–Crippen MR) is 150 cm³/mol. The van der Waals surface area contributed by atoms with Crippen molar-refractivity contribution < 1.29 is 38.4 Å². The highest BCUT2D eigenvalue weighted by Crippen LogP contribution is 2.38. The number of aromatic hydroxyl groups is 1. The Bertz CT molecular complexity index is 1550. The lowest BCUT2D eigenvalue weighted by Gasteiger charge is -2.14. The standard InChI is InChI=1S/C30H27N3O8/c1-6-23(34)25(36)16-41-19-9-10-20(24(35)13-19)28-31-29(21-11-7-17(37-2)14-26(21)39-4)33-30(32-28)22-12-8-18(38-3)15-27(22)40-5/h6-15,35H,1,16H2,2-5H3. The second-order valence-corrected chi connectivity index (χ2v) is 8.40.